The van der Waals surface area contributed by atoms with E-state index in [1.54, 1.807) is 7.11 Å². The highest BCUT2D eigenvalue weighted by Gasteiger charge is 2.22. The number of nitrogens with zero attached hydrogens (tertiary/aromatic N) is 1. The van der Waals surface area contributed by atoms with E-state index in [1.807, 2.05) is 25.1 Å². The molecular weight excluding hydrogens is 256 g/mol. The van der Waals surface area contributed by atoms with Crippen molar-refractivity contribution < 1.29 is 14.6 Å². The monoisotopic (exact) mass is 280 g/mol. The largest absolute Gasteiger partial charge is 0.493 e. The van der Waals surface area contributed by atoms with E-state index in [0.717, 1.165) is 43.2 Å². The number of nitrogens with one attached hydrogen (secondary N) is 1. The second-order valence-electron chi connectivity index (χ2n) is 4.83. The summed E-state index contributed by atoms with van der Waals surface area (Å²) >= 11 is 0. The lowest BCUT2D eigenvalue weighted by atomic mass is 10.0. The minimum atomic E-state index is 0.0154. The van der Waals surface area contributed by atoms with Gasteiger partial charge in [-0.3, -0.25) is 4.90 Å². The maximum atomic E-state index is 9.73. The van der Waals surface area contributed by atoms with Crippen LogP contribution in [0.4, 0.5) is 0 Å². The number of hydrogen-bond donors (Lipinski definition) is 2. The van der Waals surface area contributed by atoms with Crippen molar-refractivity contribution in [1.82, 2.24) is 10.2 Å². The van der Waals surface area contributed by atoms with Gasteiger partial charge in [-0.15, -0.1) is 0 Å². The van der Waals surface area contributed by atoms with Crippen molar-refractivity contribution in [1.29, 1.82) is 0 Å². The standard InChI is InChI=1S/C15H24N2O3/c1-3-20-14-5-4-12(10-15(14)19-2)13(11-18)17-8-6-16-7-9-17/h4-5,10,13,16,18H,3,6-9,11H2,1-2H3/t13-/m1/s1. The summed E-state index contributed by atoms with van der Waals surface area (Å²) in [7, 11) is 1.64. The molecule has 5 heteroatoms. The Labute approximate surface area is 120 Å². The van der Waals surface area contributed by atoms with Crippen LogP contribution in [0.1, 0.15) is 18.5 Å². The van der Waals surface area contributed by atoms with Gasteiger partial charge in [-0.05, 0) is 24.6 Å². The summed E-state index contributed by atoms with van der Waals surface area (Å²) in [6.07, 6.45) is 0. The molecule has 112 valence electrons. The lowest BCUT2D eigenvalue weighted by Crippen LogP contribution is -2.46. The zero-order valence-corrected chi connectivity index (χ0v) is 12.3. The molecule has 1 heterocycles. The van der Waals surface area contributed by atoms with Crippen LogP contribution >= 0.6 is 0 Å². The van der Waals surface area contributed by atoms with E-state index < -0.39 is 0 Å². The van der Waals surface area contributed by atoms with E-state index in [0.29, 0.717) is 6.61 Å². The van der Waals surface area contributed by atoms with E-state index in [-0.39, 0.29) is 12.6 Å². The van der Waals surface area contributed by atoms with Crippen molar-refractivity contribution in [2.45, 2.75) is 13.0 Å². The lowest BCUT2D eigenvalue weighted by molar-refractivity contribution is 0.110. The Kier molecular flexibility index (Phi) is 5.64. The van der Waals surface area contributed by atoms with Gasteiger partial charge >= 0.3 is 0 Å². The van der Waals surface area contributed by atoms with Crippen LogP contribution in [-0.4, -0.2) is 56.5 Å². The summed E-state index contributed by atoms with van der Waals surface area (Å²) in [5, 5.41) is 13.1. The third-order valence-corrected chi connectivity index (χ3v) is 3.64. The summed E-state index contributed by atoms with van der Waals surface area (Å²) < 4.78 is 10.9. The van der Waals surface area contributed by atoms with Crippen LogP contribution in [0.25, 0.3) is 0 Å². The zero-order chi connectivity index (χ0) is 14.4. The average Bonchev–Trinajstić information content (AvgIpc) is 2.50. The molecule has 1 saturated heterocycles. The molecule has 0 saturated carbocycles. The first-order chi connectivity index (χ1) is 9.80. The first kappa shape index (κ1) is 15.1. The summed E-state index contributed by atoms with van der Waals surface area (Å²) in [4.78, 5) is 2.30. The molecule has 2 rings (SSSR count). The molecule has 0 unspecified atom stereocenters. The molecule has 1 aromatic carbocycles. The van der Waals surface area contributed by atoms with Crippen LogP contribution in [0.3, 0.4) is 0 Å². The summed E-state index contributed by atoms with van der Waals surface area (Å²) in [5.41, 5.74) is 1.06. The fourth-order valence-electron chi connectivity index (χ4n) is 2.59. The Balaban J connectivity index is 2.20. The SMILES string of the molecule is CCOc1ccc([C@@H](CO)N2CCNCC2)cc1OC. The Morgan fingerprint density at radius 3 is 2.65 bits per heavy atom. The number of piperazine rings is 1. The Bertz CT molecular complexity index is 420. The summed E-state index contributed by atoms with van der Waals surface area (Å²) in [6, 6.07) is 5.91. The Hall–Kier alpha value is -1.30. The molecule has 1 aliphatic heterocycles. The molecule has 2 N–H and O–H groups in total. The average molecular weight is 280 g/mol. The molecule has 0 aliphatic carbocycles. The van der Waals surface area contributed by atoms with E-state index in [4.69, 9.17) is 9.47 Å². The van der Waals surface area contributed by atoms with Gasteiger partial charge in [0.15, 0.2) is 11.5 Å². The van der Waals surface area contributed by atoms with Crippen LogP contribution in [0.5, 0.6) is 11.5 Å². The van der Waals surface area contributed by atoms with Crippen molar-refractivity contribution in [2.24, 2.45) is 0 Å². The topological polar surface area (TPSA) is 54.0 Å². The lowest BCUT2D eigenvalue weighted by Gasteiger charge is -2.34. The highest BCUT2D eigenvalue weighted by Crippen LogP contribution is 2.32. The fourth-order valence-corrected chi connectivity index (χ4v) is 2.59. The molecular formula is C15H24N2O3. The quantitative estimate of drug-likeness (QED) is 0.815. The maximum Gasteiger partial charge on any atom is 0.161 e. The molecule has 1 aliphatic rings. The van der Waals surface area contributed by atoms with Gasteiger partial charge in [-0.25, -0.2) is 0 Å². The van der Waals surface area contributed by atoms with E-state index in [9.17, 15) is 5.11 Å². The molecule has 0 aromatic heterocycles. The van der Waals surface area contributed by atoms with Crippen molar-refractivity contribution in [2.75, 3.05) is 46.5 Å². The van der Waals surface area contributed by atoms with Gasteiger partial charge in [0.2, 0.25) is 0 Å². The molecule has 1 aromatic rings. The predicted octanol–water partition coefficient (Wildman–Crippen LogP) is 1.03. The second-order valence-corrected chi connectivity index (χ2v) is 4.83. The van der Waals surface area contributed by atoms with E-state index >= 15 is 0 Å². The molecule has 1 atom stereocenters. The number of methoxy groups -OCH3 is 1. The zero-order valence-electron chi connectivity index (χ0n) is 12.3. The van der Waals surface area contributed by atoms with Gasteiger partial charge < -0.3 is 19.9 Å². The van der Waals surface area contributed by atoms with Crippen LogP contribution in [0.15, 0.2) is 18.2 Å². The molecule has 0 radical (unpaired) electrons. The number of aliphatic hydroxyl groups is 1. The normalized spacial score (nSPS) is 17.8. The molecule has 0 spiro atoms. The minimum absolute atomic E-state index is 0.0154. The first-order valence-corrected chi connectivity index (χ1v) is 7.16. The fraction of sp³-hybridized carbons (Fsp3) is 0.600. The van der Waals surface area contributed by atoms with Gasteiger partial charge in [-0.2, -0.15) is 0 Å². The van der Waals surface area contributed by atoms with Crippen molar-refractivity contribution in [3.63, 3.8) is 0 Å². The maximum absolute atomic E-state index is 9.73. The third-order valence-electron chi connectivity index (χ3n) is 3.64. The number of rotatable bonds is 6. The van der Waals surface area contributed by atoms with Crippen LogP contribution in [0, 0.1) is 0 Å². The molecule has 1 fully saturated rings. The Morgan fingerprint density at radius 2 is 2.05 bits per heavy atom. The molecule has 20 heavy (non-hydrogen) atoms. The highest BCUT2D eigenvalue weighted by molar-refractivity contribution is 5.44. The van der Waals surface area contributed by atoms with E-state index in [1.165, 1.54) is 0 Å². The predicted molar refractivity (Wildman–Crippen MR) is 78.4 cm³/mol. The summed E-state index contributed by atoms with van der Waals surface area (Å²) in [6.45, 7) is 6.48. The molecule has 5 nitrogen and oxygen atoms in total. The van der Waals surface area contributed by atoms with Gasteiger partial charge in [0.05, 0.1) is 26.4 Å². The molecule has 0 bridgehead atoms. The number of aliphatic hydroxyl groups excluding tert-OH is 1. The Morgan fingerprint density at radius 1 is 1.30 bits per heavy atom. The van der Waals surface area contributed by atoms with Crippen LogP contribution in [0.2, 0.25) is 0 Å². The van der Waals surface area contributed by atoms with Gasteiger partial charge in [0.1, 0.15) is 0 Å². The highest BCUT2D eigenvalue weighted by atomic mass is 16.5. The van der Waals surface area contributed by atoms with Crippen LogP contribution in [-0.2, 0) is 0 Å². The van der Waals surface area contributed by atoms with Crippen molar-refractivity contribution >= 4 is 0 Å². The second kappa shape index (κ2) is 7.47. The number of hydrogen-bond acceptors (Lipinski definition) is 5. The van der Waals surface area contributed by atoms with Crippen molar-refractivity contribution in [3.8, 4) is 11.5 Å². The molecule has 0 amide bonds. The number of benzene rings is 1. The first-order valence-electron chi connectivity index (χ1n) is 7.16. The van der Waals surface area contributed by atoms with Gasteiger partial charge in [0, 0.05) is 26.2 Å². The minimum Gasteiger partial charge on any atom is -0.493 e. The van der Waals surface area contributed by atoms with E-state index in [2.05, 4.69) is 10.2 Å². The van der Waals surface area contributed by atoms with Crippen molar-refractivity contribution in [3.05, 3.63) is 23.8 Å². The van der Waals surface area contributed by atoms with Gasteiger partial charge in [0.25, 0.3) is 0 Å². The number of ether oxygens (including phenoxy) is 2. The van der Waals surface area contributed by atoms with Crippen LogP contribution < -0.4 is 14.8 Å². The third kappa shape index (κ3) is 3.42. The summed E-state index contributed by atoms with van der Waals surface area (Å²) in [5.74, 6) is 1.47. The smallest absolute Gasteiger partial charge is 0.161 e. The van der Waals surface area contributed by atoms with Gasteiger partial charge in [-0.1, -0.05) is 6.07 Å².